The summed E-state index contributed by atoms with van der Waals surface area (Å²) in [6.45, 7) is 1.65. The van der Waals surface area contributed by atoms with E-state index in [1.54, 1.807) is 25.1 Å². The number of hydrogen-bond donors (Lipinski definition) is 1. The fourth-order valence-electron chi connectivity index (χ4n) is 1.02. The number of hydrogen-bond acceptors (Lipinski definition) is 3. The predicted octanol–water partition coefficient (Wildman–Crippen LogP) is 2.26. The maximum absolute atomic E-state index is 10.6. The summed E-state index contributed by atoms with van der Waals surface area (Å²) in [5.41, 5.74) is 1.59. The molecule has 1 atom stereocenters. The van der Waals surface area contributed by atoms with Crippen LogP contribution in [0.5, 0.6) is 0 Å². The molecule has 0 spiro atoms. The molecule has 0 aromatic heterocycles. The second-order valence-corrected chi connectivity index (χ2v) is 4.43. The second-order valence-electron chi connectivity index (χ2n) is 3.10. The van der Waals surface area contributed by atoms with Crippen molar-refractivity contribution in [1.82, 2.24) is 0 Å². The lowest BCUT2D eigenvalue weighted by molar-refractivity contribution is -0.136. The molecule has 78 valence electrons. The van der Waals surface area contributed by atoms with Crippen LogP contribution in [0.2, 0.25) is 0 Å². The van der Waals surface area contributed by atoms with Gasteiger partial charge in [0.05, 0.1) is 16.9 Å². The Morgan fingerprint density at radius 2 is 2.40 bits per heavy atom. The summed E-state index contributed by atoms with van der Waals surface area (Å²) in [7, 11) is 0. The number of benzene rings is 1. The molecule has 0 aliphatic carbocycles. The quantitative estimate of drug-likeness (QED) is 0.847. The molecule has 0 aliphatic rings. The van der Waals surface area contributed by atoms with Crippen molar-refractivity contribution in [3.8, 4) is 6.07 Å². The molecule has 1 rings (SSSR count). The highest BCUT2D eigenvalue weighted by Crippen LogP contribution is 2.18. The minimum absolute atomic E-state index is 0.421. The van der Waals surface area contributed by atoms with Gasteiger partial charge in [0, 0.05) is 5.75 Å². The number of carbonyl (C=O) groups is 1. The van der Waals surface area contributed by atoms with Crippen LogP contribution in [0.15, 0.2) is 24.3 Å². The van der Waals surface area contributed by atoms with Gasteiger partial charge in [-0.05, 0) is 24.6 Å². The van der Waals surface area contributed by atoms with E-state index >= 15 is 0 Å². The molecule has 1 aromatic carbocycles. The van der Waals surface area contributed by atoms with Crippen molar-refractivity contribution in [1.29, 1.82) is 5.26 Å². The van der Waals surface area contributed by atoms with Crippen LogP contribution in [-0.4, -0.2) is 16.3 Å². The van der Waals surface area contributed by atoms with E-state index in [2.05, 4.69) is 6.07 Å². The number of thioether (sulfide) groups is 1. The molecule has 0 aliphatic heterocycles. The summed E-state index contributed by atoms with van der Waals surface area (Å²) in [5, 5.41) is 16.9. The van der Waals surface area contributed by atoms with Crippen LogP contribution in [0.25, 0.3) is 0 Å². The van der Waals surface area contributed by atoms with Gasteiger partial charge in [0.1, 0.15) is 0 Å². The Hall–Kier alpha value is -1.47. The molecule has 0 bridgehead atoms. The molecule has 0 heterocycles. The summed E-state index contributed by atoms with van der Waals surface area (Å²) in [6, 6.07) is 9.26. The molecule has 4 heteroatoms. The SMILES string of the molecule is CC(SCc1cccc(C#N)c1)C(=O)O. The number of rotatable bonds is 4. The fourth-order valence-corrected chi connectivity index (χ4v) is 1.79. The van der Waals surface area contributed by atoms with E-state index < -0.39 is 11.2 Å². The smallest absolute Gasteiger partial charge is 0.316 e. The summed E-state index contributed by atoms with van der Waals surface area (Å²) in [5.74, 6) is -0.195. The van der Waals surface area contributed by atoms with Gasteiger partial charge in [0.2, 0.25) is 0 Å². The third-order valence-corrected chi connectivity index (χ3v) is 3.11. The molecule has 1 aromatic rings. The molecule has 3 nitrogen and oxygen atoms in total. The number of aliphatic carboxylic acids is 1. The van der Waals surface area contributed by atoms with Crippen LogP contribution in [0.4, 0.5) is 0 Å². The highest BCUT2D eigenvalue weighted by molar-refractivity contribution is 7.99. The van der Waals surface area contributed by atoms with Gasteiger partial charge in [-0.3, -0.25) is 4.79 Å². The Balaban J connectivity index is 2.58. The molecule has 0 saturated carbocycles. The average molecular weight is 221 g/mol. The lowest BCUT2D eigenvalue weighted by Gasteiger charge is -2.05. The van der Waals surface area contributed by atoms with E-state index in [9.17, 15) is 4.79 Å². The number of nitriles is 1. The first-order valence-corrected chi connectivity index (χ1v) is 5.52. The van der Waals surface area contributed by atoms with Gasteiger partial charge in [-0.25, -0.2) is 0 Å². The molecule has 1 N–H and O–H groups in total. The van der Waals surface area contributed by atoms with Crippen molar-refractivity contribution >= 4 is 17.7 Å². The van der Waals surface area contributed by atoms with Crippen LogP contribution < -0.4 is 0 Å². The number of carboxylic acid groups (broad SMARTS) is 1. The molecule has 0 fully saturated rings. The van der Waals surface area contributed by atoms with Crippen molar-refractivity contribution in [2.45, 2.75) is 17.9 Å². The molecular weight excluding hydrogens is 210 g/mol. The Morgan fingerprint density at radius 1 is 1.67 bits per heavy atom. The Morgan fingerprint density at radius 3 is 3.00 bits per heavy atom. The Kier molecular flexibility index (Phi) is 4.19. The monoisotopic (exact) mass is 221 g/mol. The maximum atomic E-state index is 10.6. The maximum Gasteiger partial charge on any atom is 0.316 e. The first-order chi connectivity index (χ1) is 7.13. The second kappa shape index (κ2) is 5.42. The Labute approximate surface area is 92.7 Å². The third kappa shape index (κ3) is 3.64. The first-order valence-electron chi connectivity index (χ1n) is 4.47. The van der Waals surface area contributed by atoms with Crippen LogP contribution in [0.1, 0.15) is 18.1 Å². The highest BCUT2D eigenvalue weighted by atomic mass is 32.2. The topological polar surface area (TPSA) is 61.1 Å². The van der Waals surface area contributed by atoms with E-state index in [0.717, 1.165) is 5.56 Å². The predicted molar refractivity (Wildman–Crippen MR) is 59.5 cm³/mol. The number of nitrogens with zero attached hydrogens (tertiary/aromatic N) is 1. The van der Waals surface area contributed by atoms with E-state index in [1.165, 1.54) is 11.8 Å². The summed E-state index contributed by atoms with van der Waals surface area (Å²) >= 11 is 1.35. The third-order valence-electron chi connectivity index (χ3n) is 1.90. The van der Waals surface area contributed by atoms with E-state index in [1.807, 2.05) is 6.07 Å². The zero-order valence-electron chi connectivity index (χ0n) is 8.30. The molecule has 0 radical (unpaired) electrons. The fraction of sp³-hybridized carbons (Fsp3) is 0.273. The standard InChI is InChI=1S/C11H11NO2S/c1-8(11(13)14)15-7-10-4-2-3-9(5-10)6-12/h2-5,8H,7H2,1H3,(H,13,14). The Bertz CT molecular complexity index is 398. The zero-order chi connectivity index (χ0) is 11.3. The van der Waals surface area contributed by atoms with Crippen molar-refractivity contribution < 1.29 is 9.90 Å². The summed E-state index contributed by atoms with van der Waals surface area (Å²) in [6.07, 6.45) is 0. The van der Waals surface area contributed by atoms with Gasteiger partial charge >= 0.3 is 5.97 Å². The molecule has 0 amide bonds. The van der Waals surface area contributed by atoms with Gasteiger partial charge in [-0.15, -0.1) is 11.8 Å². The van der Waals surface area contributed by atoms with Gasteiger partial charge < -0.3 is 5.11 Å². The van der Waals surface area contributed by atoms with Crippen molar-refractivity contribution in [3.63, 3.8) is 0 Å². The molecule has 1 unspecified atom stereocenters. The van der Waals surface area contributed by atoms with Crippen molar-refractivity contribution in [2.75, 3.05) is 0 Å². The zero-order valence-corrected chi connectivity index (χ0v) is 9.12. The van der Waals surface area contributed by atoms with Crippen LogP contribution >= 0.6 is 11.8 Å². The summed E-state index contributed by atoms with van der Waals surface area (Å²) in [4.78, 5) is 10.6. The first kappa shape index (κ1) is 11.6. The van der Waals surface area contributed by atoms with Crippen LogP contribution in [-0.2, 0) is 10.5 Å². The van der Waals surface area contributed by atoms with E-state index in [0.29, 0.717) is 11.3 Å². The minimum atomic E-state index is -0.809. The average Bonchev–Trinajstić information content (AvgIpc) is 2.26. The molecule has 15 heavy (non-hydrogen) atoms. The van der Waals surface area contributed by atoms with Crippen molar-refractivity contribution in [2.24, 2.45) is 0 Å². The van der Waals surface area contributed by atoms with Gasteiger partial charge in [0.25, 0.3) is 0 Å². The van der Waals surface area contributed by atoms with E-state index in [-0.39, 0.29) is 0 Å². The number of carboxylic acids is 1. The van der Waals surface area contributed by atoms with E-state index in [4.69, 9.17) is 10.4 Å². The molecule has 0 saturated heterocycles. The van der Waals surface area contributed by atoms with Gasteiger partial charge in [-0.2, -0.15) is 5.26 Å². The van der Waals surface area contributed by atoms with Crippen LogP contribution in [0, 0.1) is 11.3 Å². The normalized spacial score (nSPS) is 11.7. The van der Waals surface area contributed by atoms with Gasteiger partial charge in [-0.1, -0.05) is 12.1 Å². The molecular formula is C11H11NO2S. The van der Waals surface area contributed by atoms with Crippen molar-refractivity contribution in [3.05, 3.63) is 35.4 Å². The largest absolute Gasteiger partial charge is 0.480 e. The lowest BCUT2D eigenvalue weighted by Crippen LogP contribution is -2.11. The minimum Gasteiger partial charge on any atom is -0.480 e. The van der Waals surface area contributed by atoms with Gasteiger partial charge in [0.15, 0.2) is 0 Å². The summed E-state index contributed by atoms with van der Waals surface area (Å²) < 4.78 is 0. The lowest BCUT2D eigenvalue weighted by atomic mass is 10.2. The van der Waals surface area contributed by atoms with Crippen LogP contribution in [0.3, 0.4) is 0 Å². The highest BCUT2D eigenvalue weighted by Gasteiger charge is 2.10.